The first-order valence-electron chi connectivity index (χ1n) is 6.46. The molecular weight excluding hydrogens is 208 g/mol. The molecule has 17 heavy (non-hydrogen) atoms. The van der Waals surface area contributed by atoms with Crippen molar-refractivity contribution in [3.63, 3.8) is 0 Å². The molecule has 1 aromatic carbocycles. The third-order valence-electron chi connectivity index (χ3n) is 4.35. The lowest BCUT2D eigenvalue weighted by atomic mass is 9.67. The molecule has 0 saturated heterocycles. The fraction of sp³-hybridized carbons (Fsp3) is 0.500. The quantitative estimate of drug-likeness (QED) is 0.746. The molecule has 0 radical (unpaired) electrons. The Bertz CT molecular complexity index is 394. The van der Waals surface area contributed by atoms with E-state index in [1.54, 1.807) is 12.1 Å². The molecule has 1 fully saturated rings. The van der Waals surface area contributed by atoms with Gasteiger partial charge in [-0.05, 0) is 61.6 Å². The van der Waals surface area contributed by atoms with Crippen molar-refractivity contribution in [1.29, 1.82) is 0 Å². The zero-order valence-electron chi connectivity index (χ0n) is 10.9. The predicted octanol–water partition coefficient (Wildman–Crippen LogP) is 4.42. The van der Waals surface area contributed by atoms with Crippen molar-refractivity contribution in [2.24, 2.45) is 5.92 Å². The maximum atomic E-state index is 9.34. The minimum Gasteiger partial charge on any atom is -0.508 e. The van der Waals surface area contributed by atoms with Crippen LogP contribution in [0, 0.1) is 5.92 Å². The van der Waals surface area contributed by atoms with Gasteiger partial charge in [0, 0.05) is 0 Å². The van der Waals surface area contributed by atoms with Crippen LogP contribution in [0.5, 0.6) is 5.75 Å². The summed E-state index contributed by atoms with van der Waals surface area (Å²) in [4.78, 5) is 0. The zero-order valence-corrected chi connectivity index (χ0v) is 10.9. The maximum absolute atomic E-state index is 9.34. The van der Waals surface area contributed by atoms with E-state index in [2.05, 4.69) is 32.6 Å². The lowest BCUT2D eigenvalue weighted by molar-refractivity contribution is 0.271. The summed E-state index contributed by atoms with van der Waals surface area (Å²) in [5.41, 5.74) is 2.97. The number of phenolic OH excluding ortho intramolecular Hbond substituents is 1. The average molecular weight is 230 g/mol. The second-order valence-corrected chi connectivity index (χ2v) is 5.73. The van der Waals surface area contributed by atoms with Crippen LogP contribution in [0.15, 0.2) is 36.4 Å². The Morgan fingerprint density at radius 1 is 1.24 bits per heavy atom. The summed E-state index contributed by atoms with van der Waals surface area (Å²) in [6.45, 7) is 8.57. The van der Waals surface area contributed by atoms with Gasteiger partial charge in [0.15, 0.2) is 0 Å². The highest BCUT2D eigenvalue weighted by Gasteiger charge is 2.32. The topological polar surface area (TPSA) is 20.2 Å². The third kappa shape index (κ3) is 2.54. The molecular formula is C16H22O. The van der Waals surface area contributed by atoms with Gasteiger partial charge in [-0.1, -0.05) is 31.2 Å². The molecule has 0 aliphatic heterocycles. The van der Waals surface area contributed by atoms with Gasteiger partial charge >= 0.3 is 0 Å². The van der Waals surface area contributed by atoms with Crippen molar-refractivity contribution in [3.05, 3.63) is 42.0 Å². The SMILES string of the molecule is C=C(C)C1CCC(C)(c2ccc(O)cc2)CC1. The average Bonchev–Trinajstić information content (AvgIpc) is 2.30. The minimum atomic E-state index is 0.277. The van der Waals surface area contributed by atoms with Crippen LogP contribution >= 0.6 is 0 Å². The molecule has 0 aromatic heterocycles. The summed E-state index contributed by atoms with van der Waals surface area (Å²) in [7, 11) is 0. The third-order valence-corrected chi connectivity index (χ3v) is 4.35. The number of benzene rings is 1. The molecule has 92 valence electrons. The molecule has 0 atom stereocenters. The van der Waals surface area contributed by atoms with Crippen LogP contribution in [-0.4, -0.2) is 5.11 Å². The van der Waals surface area contributed by atoms with E-state index in [-0.39, 0.29) is 5.41 Å². The van der Waals surface area contributed by atoms with Crippen molar-refractivity contribution in [1.82, 2.24) is 0 Å². The molecule has 1 aromatic rings. The summed E-state index contributed by atoms with van der Waals surface area (Å²) >= 11 is 0. The Morgan fingerprint density at radius 3 is 2.24 bits per heavy atom. The molecule has 1 aliphatic rings. The van der Waals surface area contributed by atoms with Crippen LogP contribution in [0.1, 0.15) is 45.1 Å². The van der Waals surface area contributed by atoms with Crippen LogP contribution in [0.25, 0.3) is 0 Å². The first-order chi connectivity index (χ1) is 8.01. The van der Waals surface area contributed by atoms with Crippen molar-refractivity contribution in [3.8, 4) is 5.75 Å². The van der Waals surface area contributed by atoms with Gasteiger partial charge in [0.25, 0.3) is 0 Å². The smallest absolute Gasteiger partial charge is 0.115 e. The van der Waals surface area contributed by atoms with Crippen molar-refractivity contribution in [2.45, 2.75) is 44.9 Å². The Kier molecular flexibility index (Phi) is 3.28. The highest BCUT2D eigenvalue weighted by molar-refractivity contribution is 5.31. The van der Waals surface area contributed by atoms with Crippen molar-refractivity contribution < 1.29 is 5.11 Å². The first-order valence-corrected chi connectivity index (χ1v) is 6.46. The molecule has 1 nitrogen and oxygen atoms in total. The van der Waals surface area contributed by atoms with Crippen molar-refractivity contribution >= 4 is 0 Å². The number of phenols is 1. The van der Waals surface area contributed by atoms with Gasteiger partial charge in [-0.3, -0.25) is 0 Å². The normalized spacial score (nSPS) is 28.9. The fourth-order valence-electron chi connectivity index (χ4n) is 2.90. The highest BCUT2D eigenvalue weighted by Crippen LogP contribution is 2.43. The van der Waals surface area contributed by atoms with Gasteiger partial charge in [0.1, 0.15) is 5.75 Å². The molecule has 0 bridgehead atoms. The van der Waals surface area contributed by atoms with Crippen LogP contribution in [-0.2, 0) is 5.41 Å². The Balaban J connectivity index is 2.11. The molecule has 2 rings (SSSR count). The number of aromatic hydroxyl groups is 1. The highest BCUT2D eigenvalue weighted by atomic mass is 16.3. The van der Waals surface area contributed by atoms with E-state index in [0.29, 0.717) is 11.7 Å². The van der Waals surface area contributed by atoms with Gasteiger partial charge in [-0.15, -0.1) is 0 Å². The molecule has 1 N–H and O–H groups in total. The van der Waals surface area contributed by atoms with Gasteiger partial charge in [0.05, 0.1) is 0 Å². The van der Waals surface area contributed by atoms with Crippen LogP contribution < -0.4 is 0 Å². The van der Waals surface area contributed by atoms with E-state index >= 15 is 0 Å². The Hall–Kier alpha value is -1.24. The molecule has 0 heterocycles. The summed E-state index contributed by atoms with van der Waals surface area (Å²) in [6, 6.07) is 7.73. The van der Waals surface area contributed by atoms with E-state index in [1.807, 2.05) is 0 Å². The lowest BCUT2D eigenvalue weighted by Gasteiger charge is -2.38. The van der Waals surface area contributed by atoms with Gasteiger partial charge in [0.2, 0.25) is 0 Å². The molecule has 0 amide bonds. The van der Waals surface area contributed by atoms with Crippen LogP contribution in [0.4, 0.5) is 0 Å². The Labute approximate surface area is 104 Å². The number of allylic oxidation sites excluding steroid dienone is 1. The summed E-state index contributed by atoms with van der Waals surface area (Å²) in [5.74, 6) is 1.06. The maximum Gasteiger partial charge on any atom is 0.115 e. The van der Waals surface area contributed by atoms with Crippen molar-refractivity contribution in [2.75, 3.05) is 0 Å². The Morgan fingerprint density at radius 2 is 1.76 bits per heavy atom. The monoisotopic (exact) mass is 230 g/mol. The second-order valence-electron chi connectivity index (χ2n) is 5.73. The summed E-state index contributed by atoms with van der Waals surface area (Å²) in [6.07, 6.45) is 4.92. The molecule has 0 unspecified atom stereocenters. The summed E-state index contributed by atoms with van der Waals surface area (Å²) < 4.78 is 0. The summed E-state index contributed by atoms with van der Waals surface area (Å²) in [5, 5.41) is 9.34. The van der Waals surface area contributed by atoms with Gasteiger partial charge in [-0.25, -0.2) is 0 Å². The van der Waals surface area contributed by atoms with E-state index in [4.69, 9.17) is 0 Å². The molecule has 1 aliphatic carbocycles. The number of hydrogen-bond donors (Lipinski definition) is 1. The largest absolute Gasteiger partial charge is 0.508 e. The van der Waals surface area contributed by atoms with Gasteiger partial charge < -0.3 is 5.11 Å². The van der Waals surface area contributed by atoms with E-state index in [9.17, 15) is 5.11 Å². The van der Waals surface area contributed by atoms with E-state index < -0.39 is 0 Å². The van der Waals surface area contributed by atoms with E-state index in [0.717, 1.165) is 0 Å². The van der Waals surface area contributed by atoms with E-state index in [1.165, 1.54) is 36.8 Å². The van der Waals surface area contributed by atoms with Crippen LogP contribution in [0.3, 0.4) is 0 Å². The lowest BCUT2D eigenvalue weighted by Crippen LogP contribution is -2.28. The number of rotatable bonds is 2. The van der Waals surface area contributed by atoms with Crippen LogP contribution in [0.2, 0.25) is 0 Å². The zero-order chi connectivity index (χ0) is 12.5. The predicted molar refractivity (Wildman–Crippen MR) is 72.2 cm³/mol. The molecule has 0 spiro atoms. The molecule has 1 saturated carbocycles. The fourth-order valence-corrected chi connectivity index (χ4v) is 2.90. The molecule has 1 heteroatoms. The first kappa shape index (κ1) is 12.2. The number of hydrogen-bond acceptors (Lipinski definition) is 1. The van der Waals surface area contributed by atoms with Gasteiger partial charge in [-0.2, -0.15) is 0 Å². The standard InChI is InChI=1S/C16H22O/c1-12(2)13-8-10-16(3,11-9-13)14-4-6-15(17)7-5-14/h4-7,13,17H,1,8-11H2,2-3H3. The minimum absolute atomic E-state index is 0.277. The second kappa shape index (κ2) is 4.56.